The van der Waals surface area contributed by atoms with Crippen molar-refractivity contribution in [3.63, 3.8) is 0 Å². The fourth-order valence-corrected chi connectivity index (χ4v) is 3.64. The third-order valence-corrected chi connectivity index (χ3v) is 5.62. The number of rotatable bonds is 7. The summed E-state index contributed by atoms with van der Waals surface area (Å²) in [7, 11) is -4.07. The zero-order valence-electron chi connectivity index (χ0n) is 14.5. The van der Waals surface area contributed by atoms with Gasteiger partial charge in [0.05, 0.1) is 17.8 Å². The van der Waals surface area contributed by atoms with Gasteiger partial charge in [-0.05, 0) is 43.2 Å². The van der Waals surface area contributed by atoms with Crippen molar-refractivity contribution < 1.29 is 22.9 Å². The van der Waals surface area contributed by atoms with Gasteiger partial charge in [0.1, 0.15) is 0 Å². The van der Waals surface area contributed by atoms with Gasteiger partial charge in [-0.1, -0.05) is 37.1 Å². The zero-order chi connectivity index (χ0) is 18.4. The minimum atomic E-state index is -4.07. The smallest absolute Gasteiger partial charge is 0.266 e. The van der Waals surface area contributed by atoms with E-state index in [1.54, 1.807) is 6.92 Å². The molecule has 0 radical (unpaired) electrons. The quantitative estimate of drug-likeness (QED) is 0.637. The Morgan fingerprint density at radius 2 is 1.88 bits per heavy atom. The van der Waals surface area contributed by atoms with Gasteiger partial charge in [-0.2, -0.15) is 8.42 Å². The number of aliphatic hydroxyl groups excluding tert-OH is 1. The first kappa shape index (κ1) is 19.9. The van der Waals surface area contributed by atoms with Crippen molar-refractivity contribution in [2.45, 2.75) is 51.0 Å². The fourth-order valence-electron chi connectivity index (χ4n) is 3.28. The van der Waals surface area contributed by atoms with Crippen LogP contribution in [0.3, 0.4) is 0 Å². The SMILES string of the molecule is C[C@H](C(=O)NCCS(=O)(=O)O)c1ccc(C[C@H]2CCCC[C@@H]2O)cc1. The number of nitrogens with one attached hydrogen (secondary N) is 1. The Labute approximate surface area is 149 Å². The van der Waals surface area contributed by atoms with Gasteiger partial charge in [0.15, 0.2) is 0 Å². The number of amides is 1. The summed E-state index contributed by atoms with van der Waals surface area (Å²) in [5.41, 5.74) is 1.99. The van der Waals surface area contributed by atoms with Crippen LogP contribution >= 0.6 is 0 Å². The molecular weight excluding hydrogens is 342 g/mol. The van der Waals surface area contributed by atoms with Crippen LogP contribution in [0.4, 0.5) is 0 Å². The van der Waals surface area contributed by atoms with Gasteiger partial charge in [-0.15, -0.1) is 0 Å². The molecule has 7 heteroatoms. The number of hydrogen-bond donors (Lipinski definition) is 3. The van der Waals surface area contributed by atoms with Crippen LogP contribution in [0.15, 0.2) is 24.3 Å². The molecule has 0 aromatic heterocycles. The van der Waals surface area contributed by atoms with Gasteiger partial charge in [-0.25, -0.2) is 0 Å². The fraction of sp³-hybridized carbons (Fsp3) is 0.611. The van der Waals surface area contributed by atoms with Crippen LogP contribution in [0, 0.1) is 5.92 Å². The van der Waals surface area contributed by atoms with E-state index in [1.165, 1.54) is 6.42 Å². The predicted molar refractivity (Wildman–Crippen MR) is 96.0 cm³/mol. The first-order valence-electron chi connectivity index (χ1n) is 8.76. The summed E-state index contributed by atoms with van der Waals surface area (Å²) in [6, 6.07) is 7.77. The van der Waals surface area contributed by atoms with Crippen LogP contribution < -0.4 is 5.32 Å². The maximum atomic E-state index is 12.1. The molecule has 1 aliphatic rings. The standard InChI is InChI=1S/C18H27NO5S/c1-13(18(21)19-10-11-25(22,23)24)15-8-6-14(7-9-15)12-16-4-2-3-5-17(16)20/h6-9,13,16-17,20H,2-5,10-12H2,1H3,(H,19,21)(H,22,23,24)/t13-,16+,17-/m0/s1. The molecule has 1 saturated carbocycles. The lowest BCUT2D eigenvalue weighted by atomic mass is 9.82. The van der Waals surface area contributed by atoms with Crippen molar-refractivity contribution in [2.24, 2.45) is 5.92 Å². The lowest BCUT2D eigenvalue weighted by Gasteiger charge is -2.27. The van der Waals surface area contributed by atoms with Crippen molar-refractivity contribution >= 4 is 16.0 Å². The van der Waals surface area contributed by atoms with Crippen molar-refractivity contribution in [1.29, 1.82) is 0 Å². The average molecular weight is 369 g/mol. The van der Waals surface area contributed by atoms with Gasteiger partial charge >= 0.3 is 0 Å². The van der Waals surface area contributed by atoms with Crippen LogP contribution in [0.25, 0.3) is 0 Å². The van der Waals surface area contributed by atoms with Crippen molar-refractivity contribution in [3.05, 3.63) is 35.4 Å². The molecule has 25 heavy (non-hydrogen) atoms. The number of carbonyl (C=O) groups is 1. The highest BCUT2D eigenvalue weighted by atomic mass is 32.2. The molecule has 0 aliphatic heterocycles. The van der Waals surface area contributed by atoms with E-state index in [-0.39, 0.29) is 18.6 Å². The number of carbonyl (C=O) groups excluding carboxylic acids is 1. The normalized spacial score (nSPS) is 22.4. The molecule has 0 bridgehead atoms. The molecule has 3 N–H and O–H groups in total. The maximum Gasteiger partial charge on any atom is 0.266 e. The van der Waals surface area contributed by atoms with Crippen molar-refractivity contribution in [2.75, 3.05) is 12.3 Å². The van der Waals surface area contributed by atoms with Crippen LogP contribution in [-0.4, -0.2) is 42.4 Å². The van der Waals surface area contributed by atoms with Crippen LogP contribution in [-0.2, 0) is 21.3 Å². The summed E-state index contributed by atoms with van der Waals surface area (Å²) in [5.74, 6) is -0.871. The van der Waals surface area contributed by atoms with E-state index >= 15 is 0 Å². The Bertz CT molecular complexity index is 671. The molecule has 3 atom stereocenters. The molecule has 1 aliphatic carbocycles. The van der Waals surface area contributed by atoms with Crippen LogP contribution in [0.2, 0.25) is 0 Å². The van der Waals surface area contributed by atoms with Gasteiger partial charge in [0.2, 0.25) is 5.91 Å². The molecule has 2 rings (SSSR count). The Kier molecular flexibility index (Phi) is 6.98. The first-order valence-corrected chi connectivity index (χ1v) is 10.4. The Morgan fingerprint density at radius 3 is 2.48 bits per heavy atom. The molecule has 1 amide bonds. The van der Waals surface area contributed by atoms with E-state index in [0.29, 0.717) is 5.92 Å². The molecule has 1 aromatic rings. The third kappa shape index (κ3) is 6.41. The summed E-state index contributed by atoms with van der Waals surface area (Å²) in [5, 5.41) is 12.6. The summed E-state index contributed by atoms with van der Waals surface area (Å²) < 4.78 is 30.0. The van der Waals surface area contributed by atoms with E-state index in [2.05, 4.69) is 5.32 Å². The minimum Gasteiger partial charge on any atom is -0.393 e. The number of benzene rings is 1. The molecule has 6 nitrogen and oxygen atoms in total. The summed E-state index contributed by atoms with van der Waals surface area (Å²) in [6.07, 6.45) is 4.82. The number of hydrogen-bond acceptors (Lipinski definition) is 4. The van der Waals surface area contributed by atoms with Crippen molar-refractivity contribution in [3.8, 4) is 0 Å². The molecule has 140 valence electrons. The predicted octanol–water partition coefficient (Wildman–Crippen LogP) is 1.89. The molecule has 0 heterocycles. The highest BCUT2D eigenvalue weighted by Crippen LogP contribution is 2.28. The average Bonchev–Trinajstić information content (AvgIpc) is 2.56. The highest BCUT2D eigenvalue weighted by Gasteiger charge is 2.23. The molecular formula is C18H27NO5S. The second-order valence-corrected chi connectivity index (χ2v) is 8.43. The molecule has 1 aromatic carbocycles. The van der Waals surface area contributed by atoms with Crippen LogP contribution in [0.1, 0.15) is 49.7 Å². The summed E-state index contributed by atoms with van der Waals surface area (Å²) in [4.78, 5) is 12.1. The van der Waals surface area contributed by atoms with Crippen molar-refractivity contribution in [1.82, 2.24) is 5.32 Å². The minimum absolute atomic E-state index is 0.111. The van der Waals surface area contributed by atoms with Gasteiger partial charge in [-0.3, -0.25) is 9.35 Å². The Hall–Kier alpha value is -1.44. The van der Waals surface area contributed by atoms with Gasteiger partial charge in [0.25, 0.3) is 10.1 Å². The lowest BCUT2D eigenvalue weighted by Crippen LogP contribution is -2.32. The maximum absolute atomic E-state index is 12.1. The topological polar surface area (TPSA) is 104 Å². The van der Waals surface area contributed by atoms with E-state index < -0.39 is 21.8 Å². The molecule has 1 fully saturated rings. The third-order valence-electron chi connectivity index (χ3n) is 4.90. The summed E-state index contributed by atoms with van der Waals surface area (Å²) in [6.45, 7) is 1.64. The Balaban J connectivity index is 1.88. The monoisotopic (exact) mass is 369 g/mol. The summed E-state index contributed by atoms with van der Waals surface area (Å²) >= 11 is 0. The van der Waals surface area contributed by atoms with E-state index in [0.717, 1.165) is 36.8 Å². The van der Waals surface area contributed by atoms with E-state index in [4.69, 9.17) is 4.55 Å². The lowest BCUT2D eigenvalue weighted by molar-refractivity contribution is -0.122. The van der Waals surface area contributed by atoms with Crippen LogP contribution in [0.5, 0.6) is 0 Å². The zero-order valence-corrected chi connectivity index (χ0v) is 15.3. The van der Waals surface area contributed by atoms with Gasteiger partial charge < -0.3 is 10.4 Å². The van der Waals surface area contributed by atoms with Gasteiger partial charge in [0, 0.05) is 6.54 Å². The molecule has 0 saturated heterocycles. The Morgan fingerprint density at radius 1 is 1.24 bits per heavy atom. The molecule has 0 spiro atoms. The largest absolute Gasteiger partial charge is 0.393 e. The second-order valence-electron chi connectivity index (χ2n) is 6.86. The number of aliphatic hydroxyl groups is 1. The highest BCUT2D eigenvalue weighted by molar-refractivity contribution is 7.85. The molecule has 0 unspecified atom stereocenters. The van der Waals surface area contributed by atoms with E-state index in [9.17, 15) is 18.3 Å². The first-order chi connectivity index (χ1) is 11.8. The van der Waals surface area contributed by atoms with E-state index in [1.807, 2.05) is 24.3 Å². The second kappa shape index (κ2) is 8.78.